The van der Waals surface area contributed by atoms with Gasteiger partial charge in [-0.05, 0) is 37.6 Å². The molecule has 1 saturated heterocycles. The van der Waals surface area contributed by atoms with E-state index in [4.69, 9.17) is 4.74 Å². The molecule has 1 aliphatic heterocycles. The minimum atomic E-state index is -0.461. The molecule has 0 bridgehead atoms. The van der Waals surface area contributed by atoms with E-state index in [-0.39, 0.29) is 0 Å². The lowest BCUT2D eigenvalue weighted by Crippen LogP contribution is -2.26. The molecule has 0 aliphatic carbocycles. The van der Waals surface area contributed by atoms with Gasteiger partial charge in [-0.15, -0.1) is 0 Å². The molecule has 5 heteroatoms. The maximum absolute atomic E-state index is 11.1. The summed E-state index contributed by atoms with van der Waals surface area (Å²) in [6.45, 7) is 3.86. The van der Waals surface area contributed by atoms with Gasteiger partial charge in [0, 0.05) is 29.9 Å². The summed E-state index contributed by atoms with van der Waals surface area (Å²) in [5.41, 5.74) is 1.75. The number of rotatable bonds is 4. The average molecular weight is 264 g/mol. The van der Waals surface area contributed by atoms with E-state index >= 15 is 0 Å². The summed E-state index contributed by atoms with van der Waals surface area (Å²) in [5.74, 6) is 0.563. The highest BCUT2D eigenvalue weighted by Gasteiger charge is 2.21. The summed E-state index contributed by atoms with van der Waals surface area (Å²) >= 11 is 0. The molecular formula is C14H20N2O3. The number of hydrogen-bond acceptors (Lipinski definition) is 4. The van der Waals surface area contributed by atoms with E-state index in [1.165, 1.54) is 7.11 Å². The Kier molecular flexibility index (Phi) is 4.63. The van der Waals surface area contributed by atoms with E-state index in [9.17, 15) is 4.79 Å². The molecule has 1 amide bonds. The maximum atomic E-state index is 11.1. The Labute approximate surface area is 113 Å². The van der Waals surface area contributed by atoms with Crippen LogP contribution in [0.25, 0.3) is 0 Å². The number of ether oxygens (including phenoxy) is 2. The molecule has 1 heterocycles. The smallest absolute Gasteiger partial charge is 0.411 e. The van der Waals surface area contributed by atoms with Gasteiger partial charge in [-0.3, -0.25) is 5.32 Å². The lowest BCUT2D eigenvalue weighted by atomic mass is 10.0. The van der Waals surface area contributed by atoms with Crippen LogP contribution in [-0.2, 0) is 9.47 Å². The molecule has 1 aromatic carbocycles. The molecule has 1 aromatic rings. The first-order valence-corrected chi connectivity index (χ1v) is 6.48. The second-order valence-corrected chi connectivity index (χ2v) is 4.75. The van der Waals surface area contributed by atoms with Crippen LogP contribution in [0.15, 0.2) is 24.3 Å². The zero-order valence-corrected chi connectivity index (χ0v) is 11.3. The SMILES string of the molecule is COC(=O)Nc1ccc(NC(C)C2CCOC2)cc1. The highest BCUT2D eigenvalue weighted by molar-refractivity contribution is 5.84. The van der Waals surface area contributed by atoms with E-state index in [0.29, 0.717) is 17.6 Å². The van der Waals surface area contributed by atoms with Crippen LogP contribution < -0.4 is 10.6 Å². The Hall–Kier alpha value is -1.75. The van der Waals surface area contributed by atoms with Crippen LogP contribution in [0.1, 0.15) is 13.3 Å². The predicted molar refractivity (Wildman–Crippen MR) is 74.5 cm³/mol. The lowest BCUT2D eigenvalue weighted by molar-refractivity contribution is 0.183. The van der Waals surface area contributed by atoms with Crippen LogP contribution in [0.5, 0.6) is 0 Å². The van der Waals surface area contributed by atoms with Gasteiger partial charge in [0.15, 0.2) is 0 Å². The van der Waals surface area contributed by atoms with Crippen LogP contribution >= 0.6 is 0 Å². The minimum absolute atomic E-state index is 0.377. The predicted octanol–water partition coefficient (Wildman–Crippen LogP) is 2.70. The van der Waals surface area contributed by atoms with Crippen molar-refractivity contribution in [3.63, 3.8) is 0 Å². The summed E-state index contributed by atoms with van der Waals surface area (Å²) in [5, 5.41) is 6.07. The fraction of sp³-hybridized carbons (Fsp3) is 0.500. The Morgan fingerprint density at radius 3 is 2.63 bits per heavy atom. The van der Waals surface area contributed by atoms with Crippen molar-refractivity contribution in [2.75, 3.05) is 31.0 Å². The van der Waals surface area contributed by atoms with Gasteiger partial charge in [-0.25, -0.2) is 4.79 Å². The fourth-order valence-corrected chi connectivity index (χ4v) is 2.15. The number of benzene rings is 1. The maximum Gasteiger partial charge on any atom is 0.411 e. The fourth-order valence-electron chi connectivity index (χ4n) is 2.15. The van der Waals surface area contributed by atoms with Crippen LogP contribution in [0.3, 0.4) is 0 Å². The van der Waals surface area contributed by atoms with Crippen LogP contribution in [0, 0.1) is 5.92 Å². The van der Waals surface area contributed by atoms with Crippen molar-refractivity contribution < 1.29 is 14.3 Å². The van der Waals surface area contributed by atoms with Crippen molar-refractivity contribution >= 4 is 17.5 Å². The van der Waals surface area contributed by atoms with Crippen LogP contribution in [0.4, 0.5) is 16.2 Å². The zero-order chi connectivity index (χ0) is 13.7. The van der Waals surface area contributed by atoms with Crippen molar-refractivity contribution in [3.8, 4) is 0 Å². The lowest BCUT2D eigenvalue weighted by Gasteiger charge is -2.20. The third-order valence-corrected chi connectivity index (χ3v) is 3.38. The molecule has 2 atom stereocenters. The number of nitrogens with one attached hydrogen (secondary N) is 2. The molecule has 2 rings (SSSR count). The summed E-state index contributed by atoms with van der Waals surface area (Å²) in [7, 11) is 1.34. The van der Waals surface area contributed by atoms with Crippen molar-refractivity contribution in [2.24, 2.45) is 5.92 Å². The summed E-state index contributed by atoms with van der Waals surface area (Å²) < 4.78 is 9.93. The first kappa shape index (κ1) is 13.7. The number of carbonyl (C=O) groups is 1. The van der Waals surface area contributed by atoms with E-state index < -0.39 is 6.09 Å². The van der Waals surface area contributed by atoms with Crippen molar-refractivity contribution in [1.29, 1.82) is 0 Å². The van der Waals surface area contributed by atoms with Crippen molar-refractivity contribution in [1.82, 2.24) is 0 Å². The third-order valence-electron chi connectivity index (χ3n) is 3.38. The molecule has 1 aliphatic rings. The molecular weight excluding hydrogens is 244 g/mol. The zero-order valence-electron chi connectivity index (χ0n) is 11.3. The van der Waals surface area contributed by atoms with Gasteiger partial charge in [0.05, 0.1) is 13.7 Å². The van der Waals surface area contributed by atoms with E-state index in [1.54, 1.807) is 0 Å². The Balaban J connectivity index is 1.89. The number of hydrogen-bond donors (Lipinski definition) is 2. The van der Waals surface area contributed by atoms with Crippen LogP contribution in [-0.4, -0.2) is 32.5 Å². The van der Waals surface area contributed by atoms with Crippen LogP contribution in [0.2, 0.25) is 0 Å². The number of methoxy groups -OCH3 is 1. The van der Waals surface area contributed by atoms with Gasteiger partial charge >= 0.3 is 6.09 Å². The molecule has 2 unspecified atom stereocenters. The van der Waals surface area contributed by atoms with Gasteiger partial charge in [0.25, 0.3) is 0 Å². The summed E-state index contributed by atoms with van der Waals surface area (Å²) in [6, 6.07) is 7.95. The summed E-state index contributed by atoms with van der Waals surface area (Å²) in [4.78, 5) is 11.1. The molecule has 1 fully saturated rings. The van der Waals surface area contributed by atoms with E-state index in [0.717, 1.165) is 25.3 Å². The quantitative estimate of drug-likeness (QED) is 0.877. The Morgan fingerprint density at radius 2 is 2.05 bits per heavy atom. The largest absolute Gasteiger partial charge is 0.453 e. The molecule has 5 nitrogen and oxygen atoms in total. The first-order valence-electron chi connectivity index (χ1n) is 6.48. The molecule has 104 valence electrons. The van der Waals surface area contributed by atoms with Gasteiger partial charge in [0.1, 0.15) is 0 Å². The second-order valence-electron chi connectivity index (χ2n) is 4.75. The average Bonchev–Trinajstić information content (AvgIpc) is 2.95. The first-order chi connectivity index (χ1) is 9.19. The van der Waals surface area contributed by atoms with Gasteiger partial charge in [0.2, 0.25) is 0 Å². The molecule has 0 radical (unpaired) electrons. The normalized spacial score (nSPS) is 19.8. The highest BCUT2D eigenvalue weighted by atomic mass is 16.5. The third kappa shape index (κ3) is 3.86. The van der Waals surface area contributed by atoms with Gasteiger partial charge in [-0.1, -0.05) is 0 Å². The number of carbonyl (C=O) groups excluding carboxylic acids is 1. The molecule has 0 saturated carbocycles. The topological polar surface area (TPSA) is 59.6 Å². The van der Waals surface area contributed by atoms with Crippen molar-refractivity contribution in [2.45, 2.75) is 19.4 Å². The molecule has 2 N–H and O–H groups in total. The summed E-state index contributed by atoms with van der Waals surface area (Å²) in [6.07, 6.45) is 0.646. The monoisotopic (exact) mass is 264 g/mol. The molecule has 19 heavy (non-hydrogen) atoms. The van der Waals surface area contributed by atoms with Gasteiger partial charge in [-0.2, -0.15) is 0 Å². The van der Waals surface area contributed by atoms with E-state index in [1.807, 2.05) is 24.3 Å². The number of anilines is 2. The second kappa shape index (κ2) is 6.43. The molecule has 0 spiro atoms. The van der Waals surface area contributed by atoms with E-state index in [2.05, 4.69) is 22.3 Å². The molecule has 0 aromatic heterocycles. The Bertz CT molecular complexity index is 413. The minimum Gasteiger partial charge on any atom is -0.453 e. The van der Waals surface area contributed by atoms with Crippen molar-refractivity contribution in [3.05, 3.63) is 24.3 Å². The highest BCUT2D eigenvalue weighted by Crippen LogP contribution is 2.21. The standard InChI is InChI=1S/C14H20N2O3/c1-10(11-7-8-19-9-11)15-12-3-5-13(6-4-12)16-14(17)18-2/h3-6,10-11,15H,7-9H2,1-2H3,(H,16,17). The Morgan fingerprint density at radius 1 is 1.37 bits per heavy atom. The van der Waals surface area contributed by atoms with Gasteiger partial charge < -0.3 is 14.8 Å². The number of amides is 1.